The topological polar surface area (TPSA) is 65.7 Å². The Morgan fingerprint density at radius 2 is 1.61 bits per heavy atom. The van der Waals surface area contributed by atoms with E-state index in [4.69, 9.17) is 13.9 Å². The van der Waals surface area contributed by atoms with Crippen molar-refractivity contribution in [2.45, 2.75) is 33.1 Å². The van der Waals surface area contributed by atoms with Crippen molar-refractivity contribution >= 4 is 33.5 Å². The molecule has 0 N–H and O–H groups in total. The molecule has 192 valence electrons. The Bertz CT molecular complexity index is 1600. The van der Waals surface area contributed by atoms with Gasteiger partial charge in [0.15, 0.2) is 12.4 Å². The molecule has 0 amide bonds. The molecule has 5 rings (SSSR count). The minimum absolute atomic E-state index is 0.0968. The quantitative estimate of drug-likeness (QED) is 0.141. The van der Waals surface area contributed by atoms with Gasteiger partial charge in [-0.15, -0.1) is 0 Å². The van der Waals surface area contributed by atoms with Gasteiger partial charge in [0, 0.05) is 22.9 Å². The van der Waals surface area contributed by atoms with Crippen molar-refractivity contribution in [1.82, 2.24) is 0 Å². The number of carbonyl (C=O) groups is 2. The van der Waals surface area contributed by atoms with Gasteiger partial charge in [0.2, 0.25) is 0 Å². The molecule has 0 aliphatic carbocycles. The van der Waals surface area contributed by atoms with Crippen LogP contribution in [0, 0.1) is 0 Å². The molecular formula is C33H30O5. The molecule has 4 aromatic carbocycles. The molecule has 1 aromatic heterocycles. The van der Waals surface area contributed by atoms with E-state index in [-0.39, 0.29) is 12.4 Å². The van der Waals surface area contributed by atoms with Gasteiger partial charge in [-0.25, -0.2) is 4.79 Å². The number of ketones is 1. The normalized spacial score (nSPS) is 11.1. The zero-order valence-corrected chi connectivity index (χ0v) is 21.7. The monoisotopic (exact) mass is 506 g/mol. The smallest absolute Gasteiger partial charge is 0.344 e. The van der Waals surface area contributed by atoms with Gasteiger partial charge in [-0.3, -0.25) is 4.79 Å². The predicted molar refractivity (Wildman–Crippen MR) is 151 cm³/mol. The number of para-hydroxylation sites is 1. The fraction of sp³-hybridized carbons (Fsp3) is 0.212. The Kier molecular flexibility index (Phi) is 7.55. The van der Waals surface area contributed by atoms with E-state index in [1.807, 2.05) is 84.9 Å². The van der Waals surface area contributed by atoms with Crippen LogP contribution in [0.1, 0.15) is 43.5 Å². The van der Waals surface area contributed by atoms with E-state index in [0.717, 1.165) is 45.7 Å². The predicted octanol–water partition coefficient (Wildman–Crippen LogP) is 8.23. The first-order valence-electron chi connectivity index (χ1n) is 13.1. The van der Waals surface area contributed by atoms with E-state index < -0.39 is 5.97 Å². The average Bonchev–Trinajstić information content (AvgIpc) is 3.34. The molecule has 0 saturated heterocycles. The van der Waals surface area contributed by atoms with E-state index in [2.05, 4.69) is 6.92 Å². The molecule has 5 aromatic rings. The Morgan fingerprint density at radius 1 is 0.816 bits per heavy atom. The number of Topliss-reactive ketones (excluding diaryl/α,β-unsaturated/α-hetero) is 1. The number of carbonyl (C=O) groups excluding carboxylic acids is 2. The third kappa shape index (κ3) is 5.05. The minimum Gasteiger partial charge on any atom is -0.481 e. The third-order valence-corrected chi connectivity index (χ3v) is 6.59. The Morgan fingerprint density at radius 3 is 2.39 bits per heavy atom. The van der Waals surface area contributed by atoms with Gasteiger partial charge < -0.3 is 13.9 Å². The summed E-state index contributed by atoms with van der Waals surface area (Å²) in [7, 11) is 0. The molecule has 38 heavy (non-hydrogen) atoms. The van der Waals surface area contributed by atoms with E-state index in [1.54, 1.807) is 6.92 Å². The summed E-state index contributed by atoms with van der Waals surface area (Å²) in [5.74, 6) is 0.883. The van der Waals surface area contributed by atoms with Crippen LogP contribution in [0.4, 0.5) is 0 Å². The van der Waals surface area contributed by atoms with Crippen LogP contribution >= 0.6 is 0 Å². The van der Waals surface area contributed by atoms with Crippen molar-refractivity contribution in [3.05, 3.63) is 90.5 Å². The zero-order valence-electron chi connectivity index (χ0n) is 21.7. The maximum Gasteiger partial charge on any atom is 0.344 e. The Balaban J connectivity index is 1.63. The van der Waals surface area contributed by atoms with E-state index in [9.17, 15) is 9.59 Å². The maximum absolute atomic E-state index is 13.3. The van der Waals surface area contributed by atoms with Crippen LogP contribution in [0.25, 0.3) is 44.2 Å². The lowest BCUT2D eigenvalue weighted by atomic mass is 9.94. The molecule has 0 unspecified atom stereocenters. The summed E-state index contributed by atoms with van der Waals surface area (Å²) < 4.78 is 17.2. The van der Waals surface area contributed by atoms with E-state index >= 15 is 0 Å². The second kappa shape index (κ2) is 11.3. The van der Waals surface area contributed by atoms with Gasteiger partial charge in [-0.05, 0) is 47.9 Å². The van der Waals surface area contributed by atoms with Crippen LogP contribution in [0.2, 0.25) is 0 Å². The summed E-state index contributed by atoms with van der Waals surface area (Å²) in [5, 5.41) is 2.78. The summed E-state index contributed by atoms with van der Waals surface area (Å²) in [6.07, 6.45) is 2.28. The number of rotatable bonds is 10. The number of unbranched alkanes of at least 4 members (excludes halogenated alkanes) is 1. The first-order chi connectivity index (χ1) is 18.6. The zero-order chi connectivity index (χ0) is 26.5. The van der Waals surface area contributed by atoms with Gasteiger partial charge in [0.25, 0.3) is 0 Å². The molecule has 0 spiro atoms. The van der Waals surface area contributed by atoms with Crippen molar-refractivity contribution in [3.63, 3.8) is 0 Å². The summed E-state index contributed by atoms with van der Waals surface area (Å²) >= 11 is 0. The van der Waals surface area contributed by atoms with Gasteiger partial charge >= 0.3 is 5.97 Å². The lowest BCUT2D eigenvalue weighted by molar-refractivity contribution is -0.145. The number of fused-ring (bicyclic) bond motifs is 2. The molecule has 5 nitrogen and oxygen atoms in total. The van der Waals surface area contributed by atoms with Crippen molar-refractivity contribution in [1.29, 1.82) is 0 Å². The Hall–Kier alpha value is -4.38. The van der Waals surface area contributed by atoms with Crippen molar-refractivity contribution in [2.24, 2.45) is 0 Å². The van der Waals surface area contributed by atoms with Gasteiger partial charge in [-0.1, -0.05) is 80.1 Å². The maximum atomic E-state index is 13.3. The van der Waals surface area contributed by atoms with Crippen molar-refractivity contribution < 1.29 is 23.5 Å². The fourth-order valence-corrected chi connectivity index (χ4v) is 4.80. The molecule has 0 radical (unpaired) electrons. The summed E-state index contributed by atoms with van der Waals surface area (Å²) in [4.78, 5) is 25.3. The Labute approximate surface area is 222 Å². The third-order valence-electron chi connectivity index (χ3n) is 6.59. The van der Waals surface area contributed by atoms with Gasteiger partial charge in [0.05, 0.1) is 12.2 Å². The van der Waals surface area contributed by atoms with Gasteiger partial charge in [-0.2, -0.15) is 0 Å². The molecule has 0 saturated carbocycles. The molecule has 0 aliphatic rings. The largest absolute Gasteiger partial charge is 0.481 e. The highest BCUT2D eigenvalue weighted by molar-refractivity contribution is 6.12. The second-order valence-corrected chi connectivity index (χ2v) is 9.16. The SMILES string of the molecule is CCCCC(=O)c1c(-c2ccc3c(-c4ccccc4)c(OCC(=O)OCC)ccc3c2)oc2ccccc12. The highest BCUT2D eigenvalue weighted by Crippen LogP contribution is 2.41. The first-order valence-corrected chi connectivity index (χ1v) is 13.1. The highest BCUT2D eigenvalue weighted by atomic mass is 16.6. The summed E-state index contributed by atoms with van der Waals surface area (Å²) in [5.41, 5.74) is 4.06. The molecule has 0 aliphatic heterocycles. The molecule has 5 heteroatoms. The van der Waals surface area contributed by atoms with Crippen LogP contribution in [-0.4, -0.2) is 25.0 Å². The standard InChI is InChI=1S/C33H30O5/c1-3-5-14-27(34)32-26-13-9-10-15-28(26)38-33(32)24-16-18-25-23(20-24)17-19-29(37-21-30(35)36-4-2)31(25)22-11-7-6-8-12-22/h6-13,15-20H,3-5,14,21H2,1-2H3. The van der Waals surface area contributed by atoms with Crippen LogP contribution in [0.3, 0.4) is 0 Å². The highest BCUT2D eigenvalue weighted by Gasteiger charge is 2.22. The van der Waals surface area contributed by atoms with Crippen LogP contribution < -0.4 is 4.74 Å². The van der Waals surface area contributed by atoms with Gasteiger partial charge in [0.1, 0.15) is 17.1 Å². The number of hydrogen-bond acceptors (Lipinski definition) is 5. The van der Waals surface area contributed by atoms with Crippen molar-refractivity contribution in [2.75, 3.05) is 13.2 Å². The number of hydrogen-bond donors (Lipinski definition) is 0. The summed E-state index contributed by atoms with van der Waals surface area (Å²) in [6, 6.07) is 27.5. The molecule has 1 heterocycles. The van der Waals surface area contributed by atoms with E-state index in [1.165, 1.54) is 0 Å². The average molecular weight is 507 g/mol. The number of ether oxygens (including phenoxy) is 2. The van der Waals surface area contributed by atoms with Crippen LogP contribution in [0.15, 0.2) is 89.3 Å². The fourth-order valence-electron chi connectivity index (χ4n) is 4.80. The van der Waals surface area contributed by atoms with Crippen molar-refractivity contribution in [3.8, 4) is 28.2 Å². The first kappa shape index (κ1) is 25.3. The molecule has 0 bridgehead atoms. The second-order valence-electron chi connectivity index (χ2n) is 9.16. The molecular weight excluding hydrogens is 476 g/mol. The number of furan rings is 1. The van der Waals surface area contributed by atoms with E-state index in [0.29, 0.717) is 35.7 Å². The lowest BCUT2D eigenvalue weighted by Crippen LogP contribution is -2.14. The minimum atomic E-state index is -0.410. The number of benzene rings is 4. The molecule has 0 fully saturated rings. The lowest BCUT2D eigenvalue weighted by Gasteiger charge is -2.15. The number of esters is 1. The summed E-state index contributed by atoms with van der Waals surface area (Å²) in [6.45, 7) is 3.99. The van der Waals surface area contributed by atoms with Crippen LogP contribution in [0.5, 0.6) is 5.75 Å². The molecule has 0 atom stereocenters. The van der Waals surface area contributed by atoms with Crippen LogP contribution in [-0.2, 0) is 9.53 Å².